The van der Waals surface area contributed by atoms with Gasteiger partial charge in [-0.1, -0.05) is 13.3 Å². The van der Waals surface area contributed by atoms with Gasteiger partial charge in [0.15, 0.2) is 0 Å². The predicted octanol–water partition coefficient (Wildman–Crippen LogP) is 3.85. The quantitative estimate of drug-likeness (QED) is 0.777. The lowest BCUT2D eigenvalue weighted by atomic mass is 9.86. The summed E-state index contributed by atoms with van der Waals surface area (Å²) in [7, 11) is 1.68. The highest BCUT2D eigenvalue weighted by Gasteiger charge is 2.41. The third kappa shape index (κ3) is 3.93. The fourth-order valence-corrected chi connectivity index (χ4v) is 4.16. The van der Waals surface area contributed by atoms with Crippen molar-refractivity contribution < 1.29 is 4.74 Å². The van der Waals surface area contributed by atoms with Crippen LogP contribution in [0.1, 0.15) is 32.6 Å². The molecule has 2 rings (SSSR count). The number of ether oxygens (including phenoxy) is 1. The van der Waals surface area contributed by atoms with Crippen LogP contribution in [0.2, 0.25) is 0 Å². The Hall–Kier alpha value is -1.18. The Bertz CT molecular complexity index is 483. The molecular formula is C17H24N2OS. The van der Waals surface area contributed by atoms with Crippen LogP contribution in [0, 0.1) is 17.2 Å². The molecule has 1 saturated carbocycles. The molecule has 1 aliphatic rings. The molecule has 0 spiro atoms. The Balaban J connectivity index is 1.86. The maximum absolute atomic E-state index is 9.56. The third-order valence-corrected chi connectivity index (χ3v) is 5.35. The largest absolute Gasteiger partial charge is 0.497 e. The van der Waals surface area contributed by atoms with Crippen LogP contribution in [0.15, 0.2) is 29.2 Å². The van der Waals surface area contributed by atoms with Crippen LogP contribution in [-0.2, 0) is 0 Å². The Kier molecular flexibility index (Phi) is 5.96. The molecule has 0 aliphatic heterocycles. The van der Waals surface area contributed by atoms with Crippen molar-refractivity contribution in [1.29, 1.82) is 5.26 Å². The lowest BCUT2D eigenvalue weighted by Gasteiger charge is -2.29. The van der Waals surface area contributed by atoms with E-state index < -0.39 is 0 Å². The summed E-state index contributed by atoms with van der Waals surface area (Å²) in [4.78, 5) is 1.26. The van der Waals surface area contributed by atoms with E-state index in [-0.39, 0.29) is 5.54 Å². The minimum absolute atomic E-state index is 0.283. The summed E-state index contributed by atoms with van der Waals surface area (Å²) in [5.74, 6) is 2.44. The fourth-order valence-electron chi connectivity index (χ4n) is 3.19. The molecule has 2 atom stereocenters. The summed E-state index contributed by atoms with van der Waals surface area (Å²) in [6.45, 7) is 2.95. The number of thioether (sulfide) groups is 1. The molecule has 0 bridgehead atoms. The van der Waals surface area contributed by atoms with E-state index in [0.29, 0.717) is 5.92 Å². The highest BCUT2D eigenvalue weighted by atomic mass is 32.2. The van der Waals surface area contributed by atoms with E-state index in [4.69, 9.17) is 4.74 Å². The lowest BCUT2D eigenvalue weighted by molar-refractivity contribution is 0.317. The number of rotatable bonds is 7. The van der Waals surface area contributed by atoms with Crippen LogP contribution in [0.3, 0.4) is 0 Å². The van der Waals surface area contributed by atoms with Crippen molar-refractivity contribution in [3.8, 4) is 11.8 Å². The number of nitrogens with zero attached hydrogens (tertiary/aromatic N) is 1. The number of benzene rings is 1. The molecule has 2 unspecified atom stereocenters. The maximum atomic E-state index is 9.56. The van der Waals surface area contributed by atoms with Crippen molar-refractivity contribution in [2.75, 3.05) is 19.4 Å². The van der Waals surface area contributed by atoms with Gasteiger partial charge in [-0.3, -0.25) is 5.32 Å². The molecule has 4 heteroatoms. The van der Waals surface area contributed by atoms with Crippen LogP contribution >= 0.6 is 11.8 Å². The molecule has 0 aromatic heterocycles. The number of hydrogen-bond acceptors (Lipinski definition) is 4. The van der Waals surface area contributed by atoms with Gasteiger partial charge in [0.2, 0.25) is 0 Å². The van der Waals surface area contributed by atoms with E-state index in [1.54, 1.807) is 7.11 Å². The van der Waals surface area contributed by atoms with Crippen molar-refractivity contribution in [2.24, 2.45) is 5.92 Å². The van der Waals surface area contributed by atoms with Gasteiger partial charge in [0, 0.05) is 4.90 Å². The topological polar surface area (TPSA) is 45.0 Å². The van der Waals surface area contributed by atoms with Crippen molar-refractivity contribution in [1.82, 2.24) is 5.32 Å². The Morgan fingerprint density at radius 2 is 2.19 bits per heavy atom. The van der Waals surface area contributed by atoms with Crippen molar-refractivity contribution in [2.45, 2.75) is 43.0 Å². The second-order valence-corrected chi connectivity index (χ2v) is 6.68. The number of nitriles is 1. The van der Waals surface area contributed by atoms with E-state index in [9.17, 15) is 5.26 Å². The van der Waals surface area contributed by atoms with Gasteiger partial charge in [0.05, 0.1) is 13.2 Å². The van der Waals surface area contributed by atoms with Crippen LogP contribution in [-0.4, -0.2) is 24.9 Å². The Morgan fingerprint density at radius 3 is 2.81 bits per heavy atom. The van der Waals surface area contributed by atoms with Gasteiger partial charge in [0.1, 0.15) is 11.3 Å². The van der Waals surface area contributed by atoms with E-state index in [2.05, 4.69) is 30.4 Å². The summed E-state index contributed by atoms with van der Waals surface area (Å²) in [6.07, 6.45) is 4.43. The molecule has 1 fully saturated rings. The summed E-state index contributed by atoms with van der Waals surface area (Å²) in [5.41, 5.74) is -0.283. The molecule has 114 valence electrons. The summed E-state index contributed by atoms with van der Waals surface area (Å²) < 4.78 is 5.17. The first-order chi connectivity index (χ1) is 10.2. The monoisotopic (exact) mass is 304 g/mol. The molecule has 21 heavy (non-hydrogen) atoms. The van der Waals surface area contributed by atoms with Crippen LogP contribution in [0.4, 0.5) is 0 Å². The minimum Gasteiger partial charge on any atom is -0.497 e. The smallest absolute Gasteiger partial charge is 0.118 e. The molecular weight excluding hydrogens is 280 g/mol. The van der Waals surface area contributed by atoms with E-state index in [1.807, 2.05) is 23.9 Å². The van der Waals surface area contributed by atoms with Crippen LogP contribution < -0.4 is 10.1 Å². The SMILES string of the molecule is CCNC1(C#N)CCCC1CCSc1ccc(OC)cc1. The van der Waals surface area contributed by atoms with Gasteiger partial charge in [-0.05, 0) is 61.7 Å². The van der Waals surface area contributed by atoms with Gasteiger partial charge in [-0.2, -0.15) is 5.26 Å². The highest BCUT2D eigenvalue weighted by Crippen LogP contribution is 2.38. The molecule has 0 amide bonds. The fraction of sp³-hybridized carbons (Fsp3) is 0.588. The second kappa shape index (κ2) is 7.72. The Labute approximate surface area is 132 Å². The second-order valence-electron chi connectivity index (χ2n) is 5.52. The first kappa shape index (κ1) is 16.2. The van der Waals surface area contributed by atoms with Gasteiger partial charge < -0.3 is 4.74 Å². The molecule has 1 aromatic carbocycles. The molecule has 0 saturated heterocycles. The molecule has 1 aliphatic carbocycles. The number of hydrogen-bond donors (Lipinski definition) is 1. The standard InChI is InChI=1S/C17H24N2OS/c1-3-19-17(13-18)11-4-5-14(17)10-12-21-16-8-6-15(20-2)7-9-16/h6-9,14,19H,3-5,10-12H2,1-2H3. The van der Waals surface area contributed by atoms with Gasteiger partial charge >= 0.3 is 0 Å². The van der Waals surface area contributed by atoms with Crippen molar-refractivity contribution >= 4 is 11.8 Å². The van der Waals surface area contributed by atoms with Crippen molar-refractivity contribution in [3.05, 3.63) is 24.3 Å². The first-order valence-corrected chi connectivity index (χ1v) is 8.66. The normalized spacial score (nSPS) is 24.7. The van der Waals surface area contributed by atoms with E-state index >= 15 is 0 Å². The Morgan fingerprint density at radius 1 is 1.43 bits per heavy atom. The van der Waals surface area contributed by atoms with Crippen molar-refractivity contribution in [3.63, 3.8) is 0 Å². The van der Waals surface area contributed by atoms with Crippen LogP contribution in [0.5, 0.6) is 5.75 Å². The van der Waals surface area contributed by atoms with Gasteiger partial charge in [-0.15, -0.1) is 11.8 Å². The average Bonchev–Trinajstić information content (AvgIpc) is 2.92. The first-order valence-electron chi connectivity index (χ1n) is 7.67. The summed E-state index contributed by atoms with van der Waals surface area (Å²) >= 11 is 1.86. The predicted molar refractivity (Wildman–Crippen MR) is 87.7 cm³/mol. The summed E-state index contributed by atoms with van der Waals surface area (Å²) in [5, 5.41) is 13.0. The molecule has 0 radical (unpaired) electrons. The zero-order valence-corrected chi connectivity index (χ0v) is 13.7. The maximum Gasteiger partial charge on any atom is 0.118 e. The zero-order valence-electron chi connectivity index (χ0n) is 12.9. The van der Waals surface area contributed by atoms with Crippen LogP contribution in [0.25, 0.3) is 0 Å². The highest BCUT2D eigenvalue weighted by molar-refractivity contribution is 7.99. The van der Waals surface area contributed by atoms with E-state index in [1.165, 1.54) is 17.7 Å². The molecule has 1 N–H and O–H groups in total. The lowest BCUT2D eigenvalue weighted by Crippen LogP contribution is -2.47. The minimum atomic E-state index is -0.283. The number of methoxy groups -OCH3 is 1. The third-order valence-electron chi connectivity index (χ3n) is 4.31. The zero-order chi connectivity index (χ0) is 15.1. The van der Waals surface area contributed by atoms with Gasteiger partial charge in [0.25, 0.3) is 0 Å². The van der Waals surface area contributed by atoms with Gasteiger partial charge in [-0.25, -0.2) is 0 Å². The molecule has 0 heterocycles. The number of nitrogens with one attached hydrogen (secondary N) is 1. The summed E-state index contributed by atoms with van der Waals surface area (Å²) in [6, 6.07) is 10.7. The molecule has 3 nitrogen and oxygen atoms in total. The molecule has 1 aromatic rings. The average molecular weight is 304 g/mol. The van der Waals surface area contributed by atoms with E-state index in [0.717, 1.165) is 30.9 Å².